The molecule has 27 heavy (non-hydrogen) atoms. The number of hydrogen-bond acceptors (Lipinski definition) is 8. The highest BCUT2D eigenvalue weighted by atomic mass is 32.1. The molecule has 0 radical (unpaired) electrons. The van der Waals surface area contributed by atoms with Gasteiger partial charge in [-0.25, -0.2) is 19.4 Å². The second kappa shape index (κ2) is 9.03. The number of thiazole rings is 1. The van der Waals surface area contributed by atoms with E-state index >= 15 is 0 Å². The number of nitrogens with one attached hydrogen (secondary N) is 2. The van der Waals surface area contributed by atoms with Gasteiger partial charge in [0.05, 0.1) is 12.3 Å². The number of carbonyl (C=O) groups excluding carboxylic acids is 3. The third-order valence-corrected chi connectivity index (χ3v) is 3.38. The van der Waals surface area contributed by atoms with Crippen LogP contribution < -0.4 is 10.6 Å². The van der Waals surface area contributed by atoms with Crippen LogP contribution in [0.25, 0.3) is 0 Å². The number of alkyl carbamates (subject to hydrolysis) is 1. The second-order valence-electron chi connectivity index (χ2n) is 7.54. The van der Waals surface area contributed by atoms with Crippen LogP contribution in [0, 0.1) is 0 Å². The minimum atomic E-state index is -1.16. The fraction of sp³-hybridized carbons (Fsp3) is 0.647. The molecule has 0 aliphatic carbocycles. The van der Waals surface area contributed by atoms with Crippen LogP contribution in [0.15, 0.2) is 5.38 Å². The van der Waals surface area contributed by atoms with E-state index in [2.05, 4.69) is 15.6 Å². The summed E-state index contributed by atoms with van der Waals surface area (Å²) < 4.78 is 15.3. The molecule has 0 bridgehead atoms. The summed E-state index contributed by atoms with van der Waals surface area (Å²) in [6, 6.07) is -1.16. The Labute approximate surface area is 162 Å². The lowest BCUT2D eigenvalue weighted by atomic mass is 10.2. The zero-order valence-corrected chi connectivity index (χ0v) is 17.5. The monoisotopic (exact) mass is 401 g/mol. The predicted molar refractivity (Wildman–Crippen MR) is 101 cm³/mol. The van der Waals surface area contributed by atoms with Crippen molar-refractivity contribution in [1.82, 2.24) is 10.3 Å². The molecule has 1 aromatic rings. The van der Waals surface area contributed by atoms with Gasteiger partial charge in [-0.05, 0) is 48.5 Å². The zero-order chi connectivity index (χ0) is 20.8. The molecule has 2 amide bonds. The molecule has 0 spiro atoms. The Morgan fingerprint density at radius 3 is 2.15 bits per heavy atom. The van der Waals surface area contributed by atoms with E-state index in [1.807, 2.05) is 0 Å². The highest BCUT2D eigenvalue weighted by molar-refractivity contribution is 7.13. The number of aromatic nitrogens is 1. The summed E-state index contributed by atoms with van der Waals surface area (Å²) >= 11 is 1.08. The van der Waals surface area contributed by atoms with E-state index in [4.69, 9.17) is 14.2 Å². The maximum absolute atomic E-state index is 12.2. The van der Waals surface area contributed by atoms with E-state index in [0.29, 0.717) is 0 Å². The summed E-state index contributed by atoms with van der Waals surface area (Å²) in [4.78, 5) is 40.3. The van der Waals surface area contributed by atoms with Crippen molar-refractivity contribution in [3.8, 4) is 0 Å². The van der Waals surface area contributed by atoms with Crippen LogP contribution in [0.2, 0.25) is 0 Å². The van der Waals surface area contributed by atoms with Crippen LogP contribution in [-0.2, 0) is 19.0 Å². The number of rotatable bonds is 5. The van der Waals surface area contributed by atoms with Crippen molar-refractivity contribution in [3.63, 3.8) is 0 Å². The minimum absolute atomic E-state index is 0.137. The summed E-state index contributed by atoms with van der Waals surface area (Å²) in [6.07, 6.45) is -1.45. The third-order valence-electron chi connectivity index (χ3n) is 2.61. The van der Waals surface area contributed by atoms with Gasteiger partial charge < -0.3 is 19.5 Å². The van der Waals surface area contributed by atoms with Gasteiger partial charge in [0, 0.05) is 5.38 Å². The molecule has 10 heteroatoms. The first-order valence-corrected chi connectivity index (χ1v) is 9.30. The van der Waals surface area contributed by atoms with Gasteiger partial charge >= 0.3 is 18.2 Å². The van der Waals surface area contributed by atoms with Crippen LogP contribution >= 0.6 is 11.3 Å². The molecule has 0 fully saturated rings. The number of esters is 1. The van der Waals surface area contributed by atoms with Gasteiger partial charge in [-0.3, -0.25) is 5.32 Å². The van der Waals surface area contributed by atoms with Crippen LogP contribution in [0.4, 0.5) is 14.7 Å². The smallest absolute Gasteiger partial charge is 0.413 e. The molecule has 1 unspecified atom stereocenters. The lowest BCUT2D eigenvalue weighted by Gasteiger charge is -2.22. The highest BCUT2D eigenvalue weighted by Gasteiger charge is 2.29. The molecule has 0 aliphatic heterocycles. The van der Waals surface area contributed by atoms with Crippen LogP contribution in [0.5, 0.6) is 0 Å². The number of carbonyl (C=O) groups is 3. The van der Waals surface area contributed by atoms with Crippen molar-refractivity contribution in [3.05, 3.63) is 11.1 Å². The van der Waals surface area contributed by atoms with Gasteiger partial charge in [0.25, 0.3) is 0 Å². The number of nitrogens with zero attached hydrogens (tertiary/aromatic N) is 1. The molecule has 0 saturated carbocycles. The van der Waals surface area contributed by atoms with Crippen molar-refractivity contribution in [2.24, 2.45) is 0 Å². The second-order valence-corrected chi connectivity index (χ2v) is 8.39. The van der Waals surface area contributed by atoms with Crippen molar-refractivity contribution >= 4 is 34.6 Å². The fourth-order valence-corrected chi connectivity index (χ4v) is 2.49. The van der Waals surface area contributed by atoms with E-state index in [-0.39, 0.29) is 17.4 Å². The molecule has 1 aromatic heterocycles. The van der Waals surface area contributed by atoms with Crippen molar-refractivity contribution in [2.45, 2.75) is 65.7 Å². The van der Waals surface area contributed by atoms with Crippen molar-refractivity contribution in [2.75, 3.05) is 11.9 Å². The van der Waals surface area contributed by atoms with E-state index in [9.17, 15) is 14.4 Å². The largest absolute Gasteiger partial charge is 0.464 e. The van der Waals surface area contributed by atoms with E-state index in [0.717, 1.165) is 11.3 Å². The average molecular weight is 401 g/mol. The van der Waals surface area contributed by atoms with Crippen LogP contribution in [-0.4, -0.2) is 40.9 Å². The number of anilines is 1. The molecule has 152 valence electrons. The Kier molecular flexibility index (Phi) is 7.58. The Balaban J connectivity index is 2.90. The van der Waals surface area contributed by atoms with Gasteiger partial charge in [-0.1, -0.05) is 0 Å². The number of ether oxygens (including phenoxy) is 3. The maximum atomic E-state index is 12.2. The van der Waals surface area contributed by atoms with E-state index in [1.165, 1.54) is 5.38 Å². The topological polar surface area (TPSA) is 116 Å². The molecule has 2 N–H and O–H groups in total. The molecule has 1 rings (SSSR count). The van der Waals surface area contributed by atoms with Crippen molar-refractivity contribution in [1.29, 1.82) is 0 Å². The van der Waals surface area contributed by atoms with Gasteiger partial charge in [0.2, 0.25) is 0 Å². The summed E-state index contributed by atoms with van der Waals surface area (Å²) in [5, 5.41) is 6.69. The molecule has 1 heterocycles. The molecule has 9 nitrogen and oxygen atoms in total. The van der Waals surface area contributed by atoms with Crippen molar-refractivity contribution < 1.29 is 28.6 Å². The lowest BCUT2D eigenvalue weighted by Crippen LogP contribution is -2.39. The maximum Gasteiger partial charge on any atom is 0.413 e. The van der Waals surface area contributed by atoms with Crippen LogP contribution in [0.1, 0.15) is 60.2 Å². The zero-order valence-electron chi connectivity index (χ0n) is 16.7. The Morgan fingerprint density at radius 1 is 1.07 bits per heavy atom. The fourth-order valence-electron chi connectivity index (χ4n) is 1.77. The number of hydrogen-bond donors (Lipinski definition) is 2. The first kappa shape index (κ1) is 22.7. The van der Waals surface area contributed by atoms with E-state index in [1.54, 1.807) is 48.5 Å². The Bertz CT molecular complexity index is 675. The summed E-state index contributed by atoms with van der Waals surface area (Å²) in [5.74, 6) is -0.683. The summed E-state index contributed by atoms with van der Waals surface area (Å²) in [7, 11) is 0. The SMILES string of the molecule is CCOC(=O)C(NC(=O)OC(C)(C)C)c1csc(NC(=O)OC(C)(C)C)n1. The predicted octanol–water partition coefficient (Wildman–Crippen LogP) is 3.62. The standard InChI is InChI=1S/C17H27N3O6S/c1-8-24-12(21)11(19-14(22)25-16(2,3)4)10-9-27-13(18-10)20-15(23)26-17(5,6)7/h9,11H,8H2,1-7H3,(H,19,22)(H,18,20,23). The molecular weight excluding hydrogens is 374 g/mol. The van der Waals surface area contributed by atoms with Gasteiger partial charge in [0.1, 0.15) is 11.2 Å². The normalized spacial score (nSPS) is 12.7. The van der Waals surface area contributed by atoms with Crippen LogP contribution in [0.3, 0.4) is 0 Å². The molecule has 0 aliphatic rings. The molecule has 0 saturated heterocycles. The van der Waals surface area contributed by atoms with E-state index < -0.39 is 35.4 Å². The Morgan fingerprint density at radius 2 is 1.63 bits per heavy atom. The molecular formula is C17H27N3O6S. The summed E-state index contributed by atoms with van der Waals surface area (Å²) in [5.41, 5.74) is -1.17. The average Bonchev–Trinajstić information content (AvgIpc) is 2.88. The van der Waals surface area contributed by atoms with Gasteiger partial charge in [0.15, 0.2) is 11.2 Å². The molecule has 1 atom stereocenters. The highest BCUT2D eigenvalue weighted by Crippen LogP contribution is 2.23. The first-order chi connectivity index (χ1) is 12.3. The Hall–Kier alpha value is -2.36. The quantitative estimate of drug-likeness (QED) is 0.572. The third kappa shape index (κ3) is 8.72. The lowest BCUT2D eigenvalue weighted by molar-refractivity contribution is -0.145. The number of amides is 2. The molecule has 0 aromatic carbocycles. The van der Waals surface area contributed by atoms with Gasteiger partial charge in [-0.15, -0.1) is 11.3 Å². The van der Waals surface area contributed by atoms with Gasteiger partial charge in [-0.2, -0.15) is 0 Å². The first-order valence-electron chi connectivity index (χ1n) is 8.42. The summed E-state index contributed by atoms with van der Waals surface area (Å²) in [6.45, 7) is 12.1. The minimum Gasteiger partial charge on any atom is -0.464 e.